The lowest BCUT2D eigenvalue weighted by atomic mass is 10.4. The topological polar surface area (TPSA) is 12.0 Å². The summed E-state index contributed by atoms with van der Waals surface area (Å²) in [6.07, 6.45) is 0.144. The van der Waals surface area contributed by atoms with E-state index in [4.69, 9.17) is 0 Å². The van der Waals surface area contributed by atoms with Crippen LogP contribution in [0.5, 0.6) is 0 Å². The number of hydrogen-bond acceptors (Lipinski definition) is 1. The third kappa shape index (κ3) is 2.09. The van der Waals surface area contributed by atoms with Crippen LogP contribution in [-0.2, 0) is 0 Å². The molecule has 1 saturated heterocycles. The van der Waals surface area contributed by atoms with Crippen LogP contribution in [0.2, 0.25) is 0 Å². The van der Waals surface area contributed by atoms with E-state index in [0.29, 0.717) is 13.0 Å². The highest BCUT2D eigenvalue weighted by Gasteiger charge is 2.10. The molecule has 1 heterocycles. The molecule has 0 radical (unpaired) electrons. The molecule has 1 fully saturated rings. The molecule has 1 rings (SSSR count). The molecule has 1 aliphatic heterocycles. The fourth-order valence-corrected chi connectivity index (χ4v) is 0.619. The van der Waals surface area contributed by atoms with Gasteiger partial charge >= 0.3 is 1.43 Å². The van der Waals surface area contributed by atoms with Gasteiger partial charge in [0.25, 0.3) is 0 Å². The van der Waals surface area contributed by atoms with Gasteiger partial charge in [-0.15, -0.1) is 0 Å². The van der Waals surface area contributed by atoms with Crippen LogP contribution in [0.3, 0.4) is 0 Å². The Morgan fingerprint density at radius 1 is 1.71 bits per heavy atom. The normalized spacial score (nSPS) is 29.6. The SMILES string of the molecule is F[C@H]1CCNC1.[Cl-].[H+]. The largest absolute Gasteiger partial charge is 1.00 e. The molecule has 1 nitrogen and oxygen atoms in total. The molecule has 0 aromatic carbocycles. The lowest BCUT2D eigenvalue weighted by Gasteiger charge is -1.86. The van der Waals surface area contributed by atoms with Gasteiger partial charge in [-0.25, -0.2) is 4.39 Å². The number of alkyl halides is 1. The number of hydrogen-bond donors (Lipinski definition) is 1. The van der Waals surface area contributed by atoms with Crippen LogP contribution in [0.15, 0.2) is 0 Å². The Balaban J connectivity index is 0. The summed E-state index contributed by atoms with van der Waals surface area (Å²) in [5.41, 5.74) is 0. The number of rotatable bonds is 0. The zero-order chi connectivity index (χ0) is 4.41. The maximum Gasteiger partial charge on any atom is 1.00 e. The van der Waals surface area contributed by atoms with E-state index in [0.717, 1.165) is 6.54 Å². The van der Waals surface area contributed by atoms with Crippen LogP contribution >= 0.6 is 0 Å². The number of nitrogens with one attached hydrogen (secondary N) is 1. The average molecular weight is 126 g/mol. The molecule has 0 amide bonds. The van der Waals surface area contributed by atoms with Gasteiger partial charge in [0.2, 0.25) is 0 Å². The van der Waals surface area contributed by atoms with E-state index in [1.54, 1.807) is 0 Å². The minimum absolute atomic E-state index is 0. The quantitative estimate of drug-likeness (QED) is 0.376. The van der Waals surface area contributed by atoms with Gasteiger partial charge < -0.3 is 17.7 Å². The maximum atomic E-state index is 11.9. The van der Waals surface area contributed by atoms with Crippen molar-refractivity contribution < 1.29 is 18.2 Å². The number of halogens is 2. The van der Waals surface area contributed by atoms with Crippen molar-refractivity contribution in [2.75, 3.05) is 13.1 Å². The summed E-state index contributed by atoms with van der Waals surface area (Å²) in [4.78, 5) is 0. The molecule has 1 N–H and O–H groups in total. The fraction of sp³-hybridized carbons (Fsp3) is 1.00. The van der Waals surface area contributed by atoms with Crippen molar-refractivity contribution in [1.29, 1.82) is 0 Å². The predicted octanol–water partition coefficient (Wildman–Crippen LogP) is -2.57. The smallest absolute Gasteiger partial charge is 1.00 e. The summed E-state index contributed by atoms with van der Waals surface area (Å²) in [5, 5.41) is 2.90. The summed E-state index contributed by atoms with van der Waals surface area (Å²) >= 11 is 0. The van der Waals surface area contributed by atoms with Gasteiger partial charge in [-0.2, -0.15) is 0 Å². The second kappa shape index (κ2) is 3.22. The molecule has 1 atom stereocenters. The van der Waals surface area contributed by atoms with E-state index in [-0.39, 0.29) is 13.8 Å². The minimum Gasteiger partial charge on any atom is -1.00 e. The monoisotopic (exact) mass is 125 g/mol. The van der Waals surface area contributed by atoms with Gasteiger partial charge in [0.05, 0.1) is 0 Å². The van der Waals surface area contributed by atoms with Crippen LogP contribution in [0.25, 0.3) is 0 Å². The summed E-state index contributed by atoms with van der Waals surface area (Å²) in [5.74, 6) is 0. The van der Waals surface area contributed by atoms with E-state index < -0.39 is 6.17 Å². The van der Waals surface area contributed by atoms with Gasteiger partial charge in [-0.05, 0) is 13.0 Å². The lowest BCUT2D eigenvalue weighted by Crippen LogP contribution is -3.00. The van der Waals surface area contributed by atoms with E-state index in [1.165, 1.54) is 0 Å². The molecule has 0 bridgehead atoms. The van der Waals surface area contributed by atoms with Gasteiger partial charge in [0.1, 0.15) is 6.17 Å². The zero-order valence-corrected chi connectivity index (χ0v) is 4.71. The van der Waals surface area contributed by atoms with Crippen LogP contribution in [-0.4, -0.2) is 19.3 Å². The van der Waals surface area contributed by atoms with Crippen LogP contribution in [0.4, 0.5) is 4.39 Å². The van der Waals surface area contributed by atoms with E-state index in [9.17, 15) is 4.39 Å². The minimum atomic E-state index is -0.565. The van der Waals surface area contributed by atoms with Gasteiger partial charge in [-0.1, -0.05) is 0 Å². The maximum absolute atomic E-state index is 11.9. The standard InChI is InChI=1S/C4H8FN.ClH/c5-4-1-2-6-3-4;/h4,6H,1-3H2;1H/t4-;/m0./s1. The second-order valence-corrected chi connectivity index (χ2v) is 1.59. The summed E-state index contributed by atoms with van der Waals surface area (Å²) in [7, 11) is 0. The highest BCUT2D eigenvalue weighted by Crippen LogP contribution is 1.99. The molecule has 0 saturated carbocycles. The van der Waals surface area contributed by atoms with Crippen molar-refractivity contribution in [2.24, 2.45) is 0 Å². The summed E-state index contributed by atoms with van der Waals surface area (Å²) in [6, 6.07) is 0. The van der Waals surface area contributed by atoms with Crippen LogP contribution in [0, 0.1) is 0 Å². The Morgan fingerprint density at radius 3 is 2.57 bits per heavy atom. The molecule has 0 aromatic rings. The Bertz CT molecular complexity index is 49.3. The molecule has 0 aromatic heterocycles. The van der Waals surface area contributed by atoms with Crippen molar-refractivity contribution in [3.05, 3.63) is 0 Å². The molecule has 7 heavy (non-hydrogen) atoms. The molecule has 0 unspecified atom stereocenters. The van der Waals surface area contributed by atoms with Crippen molar-refractivity contribution in [3.63, 3.8) is 0 Å². The fourth-order valence-electron chi connectivity index (χ4n) is 0.619. The lowest BCUT2D eigenvalue weighted by molar-refractivity contribution is -0.00000219. The predicted molar refractivity (Wildman–Crippen MR) is 23.5 cm³/mol. The van der Waals surface area contributed by atoms with Crippen molar-refractivity contribution in [2.45, 2.75) is 12.6 Å². The summed E-state index contributed by atoms with van der Waals surface area (Å²) in [6.45, 7) is 1.43. The van der Waals surface area contributed by atoms with Crippen LogP contribution in [0.1, 0.15) is 7.85 Å². The Hall–Kier alpha value is 0.180. The highest BCUT2D eigenvalue weighted by molar-refractivity contribution is 4.68. The molecule has 3 heteroatoms. The Morgan fingerprint density at radius 2 is 2.43 bits per heavy atom. The first-order valence-corrected chi connectivity index (χ1v) is 2.24. The molecular weight excluding hydrogens is 117 g/mol. The van der Waals surface area contributed by atoms with E-state index >= 15 is 0 Å². The van der Waals surface area contributed by atoms with Crippen molar-refractivity contribution in [1.82, 2.24) is 5.32 Å². The molecule has 0 aliphatic carbocycles. The molecule has 44 valence electrons. The van der Waals surface area contributed by atoms with Gasteiger partial charge in [0, 0.05) is 6.54 Å². The molecular formula is C4H9ClFN. The first-order valence-electron chi connectivity index (χ1n) is 2.24. The zero-order valence-electron chi connectivity index (χ0n) is 4.95. The van der Waals surface area contributed by atoms with Crippen LogP contribution < -0.4 is 17.7 Å². The Kier molecular flexibility index (Phi) is 3.30. The molecule has 1 aliphatic rings. The third-order valence-electron chi connectivity index (χ3n) is 1.00. The Labute approximate surface area is 50.2 Å². The van der Waals surface area contributed by atoms with Gasteiger partial charge in [-0.3, -0.25) is 0 Å². The van der Waals surface area contributed by atoms with E-state index in [2.05, 4.69) is 5.32 Å². The first-order chi connectivity index (χ1) is 2.89. The van der Waals surface area contributed by atoms with Crippen molar-refractivity contribution >= 4 is 0 Å². The first kappa shape index (κ1) is 7.18. The third-order valence-corrected chi connectivity index (χ3v) is 1.00. The van der Waals surface area contributed by atoms with Crippen molar-refractivity contribution in [3.8, 4) is 0 Å². The molecule has 0 spiro atoms. The summed E-state index contributed by atoms with van der Waals surface area (Å²) < 4.78 is 11.9. The highest BCUT2D eigenvalue weighted by atomic mass is 35.5. The average Bonchev–Trinajstić information content (AvgIpc) is 1.86. The van der Waals surface area contributed by atoms with E-state index in [1.807, 2.05) is 0 Å². The second-order valence-electron chi connectivity index (χ2n) is 1.59. The van der Waals surface area contributed by atoms with Gasteiger partial charge in [0.15, 0.2) is 0 Å².